The van der Waals surface area contributed by atoms with Crippen LogP contribution in [0.5, 0.6) is 5.75 Å². The number of aromatic nitrogens is 3. The van der Waals surface area contributed by atoms with Crippen molar-refractivity contribution in [3.05, 3.63) is 75.2 Å². The maximum atomic E-state index is 12.4. The van der Waals surface area contributed by atoms with Crippen LogP contribution >= 0.6 is 11.6 Å². The highest BCUT2D eigenvalue weighted by Gasteiger charge is 2.16. The summed E-state index contributed by atoms with van der Waals surface area (Å²) in [6.45, 7) is 1.60. The van der Waals surface area contributed by atoms with E-state index in [0.29, 0.717) is 35.3 Å². The predicted octanol–water partition coefficient (Wildman–Crippen LogP) is 3.29. The third-order valence-electron chi connectivity index (χ3n) is 5.38. The first-order chi connectivity index (χ1) is 16.1. The van der Waals surface area contributed by atoms with E-state index in [2.05, 4.69) is 20.5 Å². The molecule has 1 amide bonds. The zero-order chi connectivity index (χ0) is 23.0. The van der Waals surface area contributed by atoms with Gasteiger partial charge in [0.1, 0.15) is 18.1 Å². The van der Waals surface area contributed by atoms with E-state index in [1.54, 1.807) is 24.3 Å². The summed E-state index contributed by atoms with van der Waals surface area (Å²) in [7, 11) is 0. The van der Waals surface area contributed by atoms with Crippen molar-refractivity contribution >= 4 is 17.5 Å². The highest BCUT2D eigenvalue weighted by molar-refractivity contribution is 6.31. The van der Waals surface area contributed by atoms with Crippen molar-refractivity contribution in [3.8, 4) is 17.1 Å². The second-order valence-corrected chi connectivity index (χ2v) is 8.20. The molecule has 2 aromatic carbocycles. The van der Waals surface area contributed by atoms with Crippen molar-refractivity contribution in [3.63, 3.8) is 0 Å². The molecule has 0 spiro atoms. The van der Waals surface area contributed by atoms with Gasteiger partial charge in [-0.25, -0.2) is 0 Å². The van der Waals surface area contributed by atoms with E-state index in [0.717, 1.165) is 25.0 Å². The smallest absolute Gasteiger partial charge is 0.273 e. The highest BCUT2D eigenvalue weighted by Crippen LogP contribution is 2.21. The van der Waals surface area contributed by atoms with Crippen molar-refractivity contribution in [1.29, 1.82) is 0 Å². The van der Waals surface area contributed by atoms with Crippen LogP contribution in [-0.4, -0.2) is 40.3 Å². The monoisotopic (exact) mass is 468 g/mol. The summed E-state index contributed by atoms with van der Waals surface area (Å²) in [5, 5.41) is 11.6. The molecule has 8 nitrogen and oxygen atoms in total. The molecule has 1 saturated heterocycles. The van der Waals surface area contributed by atoms with Crippen LogP contribution < -0.4 is 15.6 Å². The number of carbonyl (C=O) groups is 1. The lowest BCUT2D eigenvalue weighted by molar-refractivity contribution is -0.121. The molecule has 3 aromatic rings. The number of hydrogen-bond donors (Lipinski definition) is 2. The lowest BCUT2D eigenvalue weighted by Gasteiger charge is -2.10. The van der Waals surface area contributed by atoms with E-state index < -0.39 is 0 Å². The van der Waals surface area contributed by atoms with E-state index in [1.807, 2.05) is 24.3 Å². The Morgan fingerprint density at radius 2 is 2.00 bits per heavy atom. The van der Waals surface area contributed by atoms with Gasteiger partial charge in [-0.15, -0.1) is 10.2 Å². The number of rotatable bonds is 9. The number of benzene rings is 2. The van der Waals surface area contributed by atoms with E-state index >= 15 is 0 Å². The Kier molecular flexibility index (Phi) is 7.70. The van der Waals surface area contributed by atoms with Crippen molar-refractivity contribution in [2.75, 3.05) is 13.2 Å². The van der Waals surface area contributed by atoms with Crippen LogP contribution in [0.1, 0.15) is 30.5 Å². The molecule has 1 atom stereocenters. The fourth-order valence-corrected chi connectivity index (χ4v) is 3.68. The maximum absolute atomic E-state index is 12.4. The second kappa shape index (κ2) is 11.1. The molecule has 1 aliphatic rings. The third kappa shape index (κ3) is 6.40. The van der Waals surface area contributed by atoms with Crippen molar-refractivity contribution < 1.29 is 14.3 Å². The Morgan fingerprint density at radius 1 is 1.18 bits per heavy atom. The van der Waals surface area contributed by atoms with Gasteiger partial charge in [0.15, 0.2) is 5.82 Å². The van der Waals surface area contributed by atoms with Crippen LogP contribution in [-0.2, 0) is 22.6 Å². The van der Waals surface area contributed by atoms with Crippen molar-refractivity contribution in [2.45, 2.75) is 38.4 Å². The summed E-state index contributed by atoms with van der Waals surface area (Å²) < 4.78 is 11.3. The summed E-state index contributed by atoms with van der Waals surface area (Å²) in [6.07, 6.45) is 2.46. The van der Waals surface area contributed by atoms with E-state index in [1.165, 1.54) is 0 Å². The Labute approximate surface area is 196 Å². The van der Waals surface area contributed by atoms with Crippen LogP contribution in [0.25, 0.3) is 11.4 Å². The second-order valence-electron chi connectivity index (χ2n) is 7.79. The van der Waals surface area contributed by atoms with Crippen LogP contribution in [0.4, 0.5) is 0 Å². The molecule has 9 heteroatoms. The summed E-state index contributed by atoms with van der Waals surface area (Å²) in [5.41, 5.74) is 1.47. The summed E-state index contributed by atoms with van der Waals surface area (Å²) in [6, 6.07) is 14.7. The molecule has 0 saturated carbocycles. The van der Waals surface area contributed by atoms with Gasteiger partial charge in [-0.05, 0) is 43.2 Å². The van der Waals surface area contributed by atoms with Crippen LogP contribution in [0, 0.1) is 0 Å². The number of aromatic amines is 1. The van der Waals surface area contributed by atoms with E-state index in [4.69, 9.17) is 21.1 Å². The largest absolute Gasteiger partial charge is 0.489 e. The Hall–Kier alpha value is -3.23. The average molecular weight is 469 g/mol. The van der Waals surface area contributed by atoms with Gasteiger partial charge >= 0.3 is 0 Å². The summed E-state index contributed by atoms with van der Waals surface area (Å²) in [4.78, 5) is 27.2. The molecule has 1 aromatic heterocycles. The normalized spacial score (nSPS) is 15.4. The number of halogens is 1. The molecule has 1 unspecified atom stereocenters. The number of carbonyl (C=O) groups excluding carboxylic acids is 1. The number of H-pyrrole nitrogens is 1. The minimum absolute atomic E-state index is 0.0874. The molecular formula is C24H25ClN4O4. The number of ether oxygens (including phenoxy) is 2. The van der Waals surface area contributed by atoms with Crippen molar-refractivity contribution in [1.82, 2.24) is 20.5 Å². The molecule has 4 rings (SSSR count). The maximum Gasteiger partial charge on any atom is 0.273 e. The number of aryl methyl sites for hydroxylation is 1. The first kappa shape index (κ1) is 22.9. The lowest BCUT2D eigenvalue weighted by Crippen LogP contribution is -2.32. The SMILES string of the molecule is O=C(CCc1nnc(-c2ccc(OCc3ccccc3Cl)cc2)[nH]c1=O)NCC1CCCO1. The van der Waals surface area contributed by atoms with Gasteiger partial charge in [0.25, 0.3) is 5.56 Å². The molecule has 1 aliphatic heterocycles. The fraction of sp³-hybridized carbons (Fsp3) is 0.333. The van der Waals surface area contributed by atoms with Crippen LogP contribution in [0.15, 0.2) is 53.3 Å². The first-order valence-electron chi connectivity index (χ1n) is 10.9. The van der Waals surface area contributed by atoms with E-state index in [-0.39, 0.29) is 36.1 Å². The van der Waals surface area contributed by atoms with E-state index in [9.17, 15) is 9.59 Å². The summed E-state index contributed by atoms with van der Waals surface area (Å²) >= 11 is 6.15. The van der Waals surface area contributed by atoms with Gasteiger partial charge in [-0.2, -0.15) is 0 Å². The standard InChI is InChI=1S/C24H25ClN4O4/c25-20-6-2-1-4-17(20)15-33-18-9-7-16(8-10-18)23-27-24(31)21(28-29-23)11-12-22(30)26-14-19-5-3-13-32-19/h1-2,4,6-10,19H,3,5,11-15H2,(H,26,30)(H,27,29,31). The molecule has 2 N–H and O–H groups in total. The Balaban J connectivity index is 1.30. The van der Waals surface area contributed by atoms with Gasteiger partial charge < -0.3 is 19.8 Å². The van der Waals surface area contributed by atoms with Gasteiger partial charge in [0.05, 0.1) is 6.10 Å². The molecule has 1 fully saturated rings. The van der Waals surface area contributed by atoms with Gasteiger partial charge in [0, 0.05) is 42.1 Å². The Bertz CT molecular complexity index is 1140. The highest BCUT2D eigenvalue weighted by atomic mass is 35.5. The van der Waals surface area contributed by atoms with Crippen LogP contribution in [0.2, 0.25) is 5.02 Å². The molecule has 0 bridgehead atoms. The quantitative estimate of drug-likeness (QED) is 0.499. The number of nitrogens with zero attached hydrogens (tertiary/aromatic N) is 2. The zero-order valence-corrected chi connectivity index (χ0v) is 18.8. The molecule has 0 aliphatic carbocycles. The Morgan fingerprint density at radius 3 is 2.73 bits per heavy atom. The number of amides is 1. The van der Waals surface area contributed by atoms with Gasteiger partial charge in [0.2, 0.25) is 5.91 Å². The number of nitrogens with one attached hydrogen (secondary N) is 2. The van der Waals surface area contributed by atoms with Crippen molar-refractivity contribution in [2.24, 2.45) is 0 Å². The average Bonchev–Trinajstić information content (AvgIpc) is 3.35. The molecule has 2 heterocycles. The predicted molar refractivity (Wildman–Crippen MR) is 124 cm³/mol. The topological polar surface area (TPSA) is 106 Å². The summed E-state index contributed by atoms with van der Waals surface area (Å²) in [5.74, 6) is 0.881. The zero-order valence-electron chi connectivity index (χ0n) is 18.1. The number of hydrogen-bond acceptors (Lipinski definition) is 6. The first-order valence-corrected chi connectivity index (χ1v) is 11.3. The lowest BCUT2D eigenvalue weighted by atomic mass is 10.2. The third-order valence-corrected chi connectivity index (χ3v) is 5.75. The fourth-order valence-electron chi connectivity index (χ4n) is 3.49. The molecule has 172 valence electrons. The minimum Gasteiger partial charge on any atom is -0.489 e. The van der Waals surface area contributed by atoms with Gasteiger partial charge in [-0.1, -0.05) is 29.8 Å². The molecule has 0 radical (unpaired) electrons. The minimum atomic E-state index is -0.356. The molecule has 33 heavy (non-hydrogen) atoms. The van der Waals surface area contributed by atoms with Gasteiger partial charge in [-0.3, -0.25) is 9.59 Å². The molecular weight excluding hydrogens is 444 g/mol. The van der Waals surface area contributed by atoms with Crippen LogP contribution in [0.3, 0.4) is 0 Å².